The van der Waals surface area contributed by atoms with E-state index >= 15 is 0 Å². The van der Waals surface area contributed by atoms with Gasteiger partial charge in [-0.2, -0.15) is 0 Å². The minimum Gasteiger partial charge on any atom is -0.476 e. The molecule has 284 valence electrons. The molecule has 4 aliphatic carbocycles. The van der Waals surface area contributed by atoms with E-state index in [-0.39, 0.29) is 48.0 Å². The number of benzene rings is 2. The van der Waals surface area contributed by atoms with Gasteiger partial charge in [0.2, 0.25) is 0 Å². The molecule has 10 atom stereocenters. The monoisotopic (exact) mass is 736 g/mol. The zero-order valence-corrected chi connectivity index (χ0v) is 32.2. The van der Waals surface area contributed by atoms with Gasteiger partial charge in [-0.25, -0.2) is 4.79 Å². The van der Waals surface area contributed by atoms with E-state index in [0.29, 0.717) is 63.8 Å². The molecule has 9 heteroatoms. The average Bonchev–Trinajstić information content (AvgIpc) is 3.47. The summed E-state index contributed by atoms with van der Waals surface area (Å²) in [7, 11) is 0. The summed E-state index contributed by atoms with van der Waals surface area (Å²) in [6.45, 7) is 10.3. The second-order valence-electron chi connectivity index (χ2n) is 17.3. The van der Waals surface area contributed by atoms with Crippen LogP contribution in [-0.4, -0.2) is 59.0 Å². The summed E-state index contributed by atoms with van der Waals surface area (Å²) >= 11 is 5.93. The van der Waals surface area contributed by atoms with Crippen LogP contribution in [0.15, 0.2) is 48.5 Å². The highest BCUT2D eigenvalue weighted by Crippen LogP contribution is 2.68. The Balaban J connectivity index is 0.924. The normalized spacial score (nSPS) is 33.2. The third-order valence-corrected chi connectivity index (χ3v) is 14.1. The largest absolute Gasteiger partial charge is 0.476 e. The van der Waals surface area contributed by atoms with Crippen LogP contribution in [0.25, 0.3) is 0 Å². The van der Waals surface area contributed by atoms with Crippen LogP contribution in [0.1, 0.15) is 115 Å². The number of hydrogen-bond acceptors (Lipinski definition) is 8. The van der Waals surface area contributed by atoms with E-state index in [4.69, 9.17) is 25.8 Å². The van der Waals surface area contributed by atoms with Crippen LogP contribution in [0.2, 0.25) is 5.02 Å². The smallest absolute Gasteiger partial charge is 0.350 e. The van der Waals surface area contributed by atoms with E-state index in [0.717, 1.165) is 57.8 Å². The maximum Gasteiger partial charge on any atom is 0.350 e. The Morgan fingerprint density at radius 3 is 2.15 bits per heavy atom. The number of aliphatic hydroxyl groups excluding tert-OH is 2. The summed E-state index contributed by atoms with van der Waals surface area (Å²) in [5, 5.41) is 22.5. The van der Waals surface area contributed by atoms with Crippen molar-refractivity contribution in [2.24, 2.45) is 46.3 Å². The van der Waals surface area contributed by atoms with Crippen molar-refractivity contribution in [3.63, 3.8) is 0 Å². The first kappa shape index (κ1) is 38.8. The molecule has 4 fully saturated rings. The summed E-state index contributed by atoms with van der Waals surface area (Å²) in [5.74, 6) is 1.98. The van der Waals surface area contributed by atoms with Gasteiger partial charge in [-0.1, -0.05) is 32.4 Å². The molecule has 0 heterocycles. The number of hydrogen-bond donors (Lipinski definition) is 2. The van der Waals surface area contributed by atoms with Crippen LogP contribution in [0.5, 0.6) is 5.75 Å². The van der Waals surface area contributed by atoms with Crippen molar-refractivity contribution in [1.29, 1.82) is 0 Å². The van der Waals surface area contributed by atoms with Gasteiger partial charge in [-0.15, -0.1) is 0 Å². The number of ketones is 1. The highest BCUT2D eigenvalue weighted by molar-refractivity contribution is 6.30. The molecule has 0 spiro atoms. The van der Waals surface area contributed by atoms with E-state index in [1.165, 1.54) is 0 Å². The molecule has 0 bridgehead atoms. The average molecular weight is 737 g/mol. The maximum absolute atomic E-state index is 12.8. The lowest BCUT2D eigenvalue weighted by atomic mass is 9.43. The summed E-state index contributed by atoms with van der Waals surface area (Å²) < 4.78 is 16.7. The molecule has 2 aromatic rings. The quantitative estimate of drug-likeness (QED) is 0.127. The number of fused-ring (bicyclic) bond motifs is 5. The first-order valence-electron chi connectivity index (χ1n) is 19.4. The van der Waals surface area contributed by atoms with Gasteiger partial charge in [0.15, 0.2) is 11.4 Å². The number of ether oxygens (including phenoxy) is 3. The second kappa shape index (κ2) is 15.4. The molecule has 4 aliphatic rings. The molecule has 52 heavy (non-hydrogen) atoms. The summed E-state index contributed by atoms with van der Waals surface area (Å²) in [5.41, 5.74) is 0.0638. The van der Waals surface area contributed by atoms with Gasteiger partial charge in [-0.05, 0) is 167 Å². The molecular formula is C43H57ClO8. The molecule has 0 aliphatic heterocycles. The molecule has 2 N–H and O–H groups in total. The van der Waals surface area contributed by atoms with E-state index in [9.17, 15) is 24.6 Å². The molecule has 3 unspecified atom stereocenters. The Morgan fingerprint density at radius 1 is 0.846 bits per heavy atom. The molecule has 0 amide bonds. The predicted molar refractivity (Wildman–Crippen MR) is 199 cm³/mol. The Kier molecular flexibility index (Phi) is 11.5. The molecule has 6 rings (SSSR count). The number of rotatable bonds is 12. The van der Waals surface area contributed by atoms with Crippen molar-refractivity contribution < 1.29 is 38.8 Å². The van der Waals surface area contributed by atoms with Crippen LogP contribution in [0.3, 0.4) is 0 Å². The zero-order chi connectivity index (χ0) is 37.4. The number of esters is 2. The van der Waals surface area contributed by atoms with Crippen LogP contribution in [-0.2, 0) is 19.1 Å². The summed E-state index contributed by atoms with van der Waals surface area (Å²) in [6.07, 6.45) is 8.70. The highest BCUT2D eigenvalue weighted by Gasteiger charge is 2.62. The zero-order valence-electron chi connectivity index (χ0n) is 31.4. The number of halogens is 1. The van der Waals surface area contributed by atoms with Gasteiger partial charge in [-0.3, -0.25) is 9.59 Å². The van der Waals surface area contributed by atoms with Crippen LogP contribution < -0.4 is 4.74 Å². The fourth-order valence-corrected chi connectivity index (χ4v) is 11.2. The topological polar surface area (TPSA) is 119 Å². The number of carbonyl (C=O) groups excluding carboxylic acids is 3. The van der Waals surface area contributed by atoms with Crippen molar-refractivity contribution in [2.75, 3.05) is 13.2 Å². The van der Waals surface area contributed by atoms with Gasteiger partial charge in [0.1, 0.15) is 19.0 Å². The molecule has 0 aromatic heterocycles. The predicted octanol–water partition coefficient (Wildman–Crippen LogP) is 8.22. The van der Waals surface area contributed by atoms with Gasteiger partial charge < -0.3 is 24.4 Å². The molecule has 2 aromatic carbocycles. The SMILES string of the molecule is C[C@H](CCC(=O)OCCOC(=O)C(C)(C)Oc1ccc(C(=O)c2ccc(Cl)cc2)cc1)[C@H]1CCC2C3C(CC[C@@]21C)[C@@]1(C)CC[C@@H](O)C[C@H]1C[C@@H]3O. The van der Waals surface area contributed by atoms with Crippen molar-refractivity contribution in [3.05, 3.63) is 64.7 Å². The van der Waals surface area contributed by atoms with Gasteiger partial charge in [0.05, 0.1) is 12.2 Å². The Hall–Kier alpha value is -2.94. The van der Waals surface area contributed by atoms with E-state index < -0.39 is 11.6 Å². The van der Waals surface area contributed by atoms with E-state index in [1.807, 2.05) is 0 Å². The fourth-order valence-electron chi connectivity index (χ4n) is 11.0. The lowest BCUT2D eigenvalue weighted by Crippen LogP contribution is -2.58. The Morgan fingerprint density at radius 2 is 1.46 bits per heavy atom. The fraction of sp³-hybridized carbons (Fsp3) is 0.651. The van der Waals surface area contributed by atoms with E-state index in [1.54, 1.807) is 62.4 Å². The van der Waals surface area contributed by atoms with Crippen molar-refractivity contribution >= 4 is 29.3 Å². The highest BCUT2D eigenvalue weighted by atomic mass is 35.5. The Labute approximate surface area is 313 Å². The first-order chi connectivity index (χ1) is 24.6. The number of carbonyl (C=O) groups is 3. The van der Waals surface area contributed by atoms with Crippen LogP contribution >= 0.6 is 11.6 Å². The Bertz CT molecular complexity index is 1590. The molecule has 4 saturated carbocycles. The summed E-state index contributed by atoms with van der Waals surface area (Å²) in [4.78, 5) is 38.3. The van der Waals surface area contributed by atoms with Gasteiger partial charge in [0.25, 0.3) is 0 Å². The minimum atomic E-state index is -1.30. The van der Waals surface area contributed by atoms with E-state index in [2.05, 4.69) is 20.8 Å². The first-order valence-corrected chi connectivity index (χ1v) is 19.8. The van der Waals surface area contributed by atoms with Crippen LogP contribution in [0.4, 0.5) is 0 Å². The van der Waals surface area contributed by atoms with Crippen molar-refractivity contribution in [1.82, 2.24) is 0 Å². The third-order valence-electron chi connectivity index (χ3n) is 13.9. The molecule has 0 radical (unpaired) electrons. The number of aliphatic hydroxyl groups is 2. The lowest BCUT2D eigenvalue weighted by molar-refractivity contribution is -0.174. The summed E-state index contributed by atoms with van der Waals surface area (Å²) in [6, 6.07) is 13.2. The third kappa shape index (κ3) is 7.81. The van der Waals surface area contributed by atoms with Gasteiger partial charge >= 0.3 is 11.9 Å². The minimum absolute atomic E-state index is 0.0303. The van der Waals surface area contributed by atoms with Gasteiger partial charge in [0, 0.05) is 22.6 Å². The molecule has 0 saturated heterocycles. The van der Waals surface area contributed by atoms with Crippen molar-refractivity contribution in [2.45, 2.75) is 117 Å². The van der Waals surface area contributed by atoms with Crippen LogP contribution in [0, 0.1) is 46.3 Å². The standard InChI is InChI=1S/C43H57ClO8/c1-26(33-15-16-34-38-35(19-21-43(33,34)5)42(4)20-18-31(45)24-29(42)25-36(38)46)6-17-37(47)50-22-23-51-40(49)41(2,3)52-32-13-9-28(10-14-32)39(48)27-7-11-30(44)12-8-27/h7-14,26,29,31,33-36,38,45-46H,6,15-25H2,1-5H3/t26-,29+,31-,33-,34?,35?,36+,38?,42+,43-/m1/s1. The maximum atomic E-state index is 12.8. The second-order valence-corrected chi connectivity index (χ2v) is 17.7. The molecule has 8 nitrogen and oxygen atoms in total. The lowest BCUT2D eigenvalue weighted by Gasteiger charge is -2.62. The van der Waals surface area contributed by atoms with Crippen molar-refractivity contribution in [3.8, 4) is 5.75 Å². The molecular weight excluding hydrogens is 680 g/mol.